The number of nitrogens with zero attached hydrogens (tertiary/aromatic N) is 3. The van der Waals surface area contributed by atoms with Gasteiger partial charge in [-0.3, -0.25) is 0 Å². The van der Waals surface area contributed by atoms with E-state index in [0.29, 0.717) is 12.4 Å². The fourth-order valence-corrected chi connectivity index (χ4v) is 1.75. The second kappa shape index (κ2) is 5.00. The summed E-state index contributed by atoms with van der Waals surface area (Å²) in [5.41, 5.74) is 0.742. The van der Waals surface area contributed by atoms with Gasteiger partial charge in [0.25, 0.3) is 0 Å². The maximum absolute atomic E-state index is 12.5. The first kappa shape index (κ1) is 13.5. The van der Waals surface area contributed by atoms with Crippen LogP contribution in [0.15, 0.2) is 24.4 Å². The first-order chi connectivity index (χ1) is 8.90. The average molecular weight is 270 g/mol. The van der Waals surface area contributed by atoms with Crippen molar-refractivity contribution in [3.63, 3.8) is 0 Å². The van der Waals surface area contributed by atoms with E-state index < -0.39 is 11.9 Å². The first-order valence-corrected chi connectivity index (χ1v) is 5.65. The predicted octanol–water partition coefficient (Wildman–Crippen LogP) is 2.31. The highest BCUT2D eigenvalue weighted by Crippen LogP contribution is 2.27. The van der Waals surface area contributed by atoms with Crippen LogP contribution in [-0.2, 0) is 12.7 Å². The molecule has 2 aromatic rings. The quantitative estimate of drug-likeness (QED) is 0.930. The number of aryl methyl sites for hydroxylation is 1. The van der Waals surface area contributed by atoms with Gasteiger partial charge in [-0.15, -0.1) is 0 Å². The normalized spacial score (nSPS) is 11.8. The summed E-state index contributed by atoms with van der Waals surface area (Å²) in [4.78, 5) is 4.19. The third-order valence-electron chi connectivity index (χ3n) is 2.49. The Bertz CT molecular complexity index is 575. The lowest BCUT2D eigenvalue weighted by molar-refractivity contribution is -0.141. The van der Waals surface area contributed by atoms with Gasteiger partial charge in [-0.2, -0.15) is 18.3 Å². The minimum absolute atomic E-state index is 0.376. The van der Waals surface area contributed by atoms with Crippen molar-refractivity contribution in [2.24, 2.45) is 0 Å². The van der Waals surface area contributed by atoms with Crippen molar-refractivity contribution in [1.29, 1.82) is 0 Å². The Hall–Kier alpha value is -1.89. The Morgan fingerprint density at radius 3 is 2.63 bits per heavy atom. The minimum atomic E-state index is -4.44. The zero-order valence-corrected chi connectivity index (χ0v) is 10.5. The molecule has 0 fully saturated rings. The highest BCUT2D eigenvalue weighted by atomic mass is 19.4. The summed E-state index contributed by atoms with van der Waals surface area (Å²) in [6.45, 7) is 2.40. The van der Waals surface area contributed by atoms with Crippen LogP contribution < -0.4 is 5.32 Å². The number of aromatic nitrogens is 3. The van der Waals surface area contributed by atoms with Crippen LogP contribution in [0.25, 0.3) is 5.82 Å². The Morgan fingerprint density at radius 2 is 2.05 bits per heavy atom. The van der Waals surface area contributed by atoms with Crippen LogP contribution in [-0.4, -0.2) is 21.8 Å². The molecule has 2 rings (SSSR count). The van der Waals surface area contributed by atoms with Gasteiger partial charge in [0.1, 0.15) is 0 Å². The summed E-state index contributed by atoms with van der Waals surface area (Å²) in [6.07, 6.45) is -3.18. The van der Waals surface area contributed by atoms with Crippen molar-refractivity contribution in [2.45, 2.75) is 19.6 Å². The van der Waals surface area contributed by atoms with Crippen molar-refractivity contribution in [3.05, 3.63) is 41.3 Å². The number of halogens is 3. The molecule has 0 aliphatic rings. The largest absolute Gasteiger partial charge is 0.435 e. The van der Waals surface area contributed by atoms with E-state index in [2.05, 4.69) is 15.4 Å². The van der Waals surface area contributed by atoms with Crippen LogP contribution in [0, 0.1) is 6.92 Å². The zero-order valence-electron chi connectivity index (χ0n) is 10.5. The Labute approximate surface area is 108 Å². The molecule has 1 N–H and O–H groups in total. The topological polar surface area (TPSA) is 42.7 Å². The monoisotopic (exact) mass is 270 g/mol. The van der Waals surface area contributed by atoms with Crippen LogP contribution in [0.1, 0.15) is 17.0 Å². The maximum Gasteiger partial charge on any atom is 0.435 e. The molecule has 0 aromatic carbocycles. The molecule has 0 unspecified atom stereocenters. The smallest absolute Gasteiger partial charge is 0.316 e. The molecule has 0 atom stereocenters. The Kier molecular flexibility index (Phi) is 3.57. The number of hydrogen-bond acceptors (Lipinski definition) is 3. The van der Waals surface area contributed by atoms with Crippen molar-refractivity contribution in [1.82, 2.24) is 20.1 Å². The molecule has 0 saturated carbocycles. The summed E-state index contributed by atoms with van der Waals surface area (Å²) in [5.74, 6) is 0.376. The van der Waals surface area contributed by atoms with Gasteiger partial charge in [0, 0.05) is 18.4 Å². The summed E-state index contributed by atoms with van der Waals surface area (Å²) in [7, 11) is 1.80. The van der Waals surface area contributed by atoms with Gasteiger partial charge in [0.05, 0.1) is 0 Å². The van der Waals surface area contributed by atoms with Gasteiger partial charge < -0.3 is 5.32 Å². The molecule has 0 bridgehead atoms. The van der Waals surface area contributed by atoms with Crippen LogP contribution in [0.2, 0.25) is 0 Å². The molecular weight excluding hydrogens is 257 g/mol. The van der Waals surface area contributed by atoms with Gasteiger partial charge in [-0.05, 0) is 37.7 Å². The number of hydrogen-bond donors (Lipinski definition) is 1. The fraction of sp³-hybridized carbons (Fsp3) is 0.333. The number of rotatable bonds is 3. The highest BCUT2D eigenvalue weighted by Gasteiger charge is 2.33. The van der Waals surface area contributed by atoms with E-state index in [1.807, 2.05) is 6.07 Å². The van der Waals surface area contributed by atoms with Crippen molar-refractivity contribution in [3.8, 4) is 5.82 Å². The van der Waals surface area contributed by atoms with Gasteiger partial charge >= 0.3 is 6.18 Å². The van der Waals surface area contributed by atoms with E-state index in [1.54, 1.807) is 20.0 Å². The van der Waals surface area contributed by atoms with Crippen LogP contribution in [0.3, 0.4) is 0 Å². The van der Waals surface area contributed by atoms with E-state index in [1.165, 1.54) is 6.20 Å². The van der Waals surface area contributed by atoms with E-state index in [4.69, 9.17) is 0 Å². The molecule has 4 nitrogen and oxygen atoms in total. The summed E-state index contributed by atoms with van der Waals surface area (Å²) in [6, 6.07) is 4.51. The first-order valence-electron chi connectivity index (χ1n) is 5.65. The molecule has 19 heavy (non-hydrogen) atoms. The molecule has 0 radical (unpaired) electrons. The second-order valence-electron chi connectivity index (χ2n) is 4.15. The molecule has 0 saturated heterocycles. The van der Waals surface area contributed by atoms with Crippen molar-refractivity contribution in [2.75, 3.05) is 7.05 Å². The van der Waals surface area contributed by atoms with Gasteiger partial charge in [-0.1, -0.05) is 0 Å². The average Bonchev–Trinajstić information content (AvgIpc) is 2.77. The van der Waals surface area contributed by atoms with Crippen molar-refractivity contribution >= 4 is 0 Å². The lowest BCUT2D eigenvalue weighted by atomic mass is 10.2. The second-order valence-corrected chi connectivity index (χ2v) is 4.15. The van der Waals surface area contributed by atoms with Crippen LogP contribution in [0.4, 0.5) is 13.2 Å². The summed E-state index contributed by atoms with van der Waals surface area (Å²) >= 11 is 0. The number of pyridine rings is 1. The molecule has 2 aromatic heterocycles. The Balaban J connectivity index is 2.38. The van der Waals surface area contributed by atoms with Crippen LogP contribution >= 0.6 is 0 Å². The number of nitrogens with one attached hydrogen (secondary N) is 1. The lowest BCUT2D eigenvalue weighted by Crippen LogP contribution is -2.10. The molecule has 0 aliphatic heterocycles. The summed E-state index contributed by atoms with van der Waals surface area (Å²) in [5, 5.41) is 6.48. The lowest BCUT2D eigenvalue weighted by Gasteiger charge is -2.07. The summed E-state index contributed by atoms with van der Waals surface area (Å²) < 4.78 is 38.6. The molecule has 0 amide bonds. The van der Waals surface area contributed by atoms with Gasteiger partial charge in [0.2, 0.25) is 0 Å². The standard InChI is InChI=1S/C12H13F3N4/c1-8-5-9(7-16-2)6-11(17-8)19-4-3-10(18-19)12(13,14)15/h3-6,16H,7H2,1-2H3. The van der Waals surface area contributed by atoms with E-state index in [-0.39, 0.29) is 0 Å². The minimum Gasteiger partial charge on any atom is -0.316 e. The van der Waals surface area contributed by atoms with E-state index >= 15 is 0 Å². The SMILES string of the molecule is CNCc1cc(C)nc(-n2ccc(C(F)(F)F)n2)c1. The van der Waals surface area contributed by atoms with E-state index in [0.717, 1.165) is 22.0 Å². The van der Waals surface area contributed by atoms with E-state index in [9.17, 15) is 13.2 Å². The molecule has 102 valence electrons. The molecular formula is C12H13F3N4. The third-order valence-corrected chi connectivity index (χ3v) is 2.49. The maximum atomic E-state index is 12.5. The highest BCUT2D eigenvalue weighted by molar-refractivity contribution is 5.30. The van der Waals surface area contributed by atoms with Gasteiger partial charge in [0.15, 0.2) is 11.5 Å². The molecule has 0 aliphatic carbocycles. The zero-order chi connectivity index (χ0) is 14.0. The predicted molar refractivity (Wildman–Crippen MR) is 63.9 cm³/mol. The molecule has 0 spiro atoms. The van der Waals surface area contributed by atoms with Crippen LogP contribution in [0.5, 0.6) is 0 Å². The Morgan fingerprint density at radius 1 is 1.32 bits per heavy atom. The fourth-order valence-electron chi connectivity index (χ4n) is 1.75. The third kappa shape index (κ3) is 3.11. The number of alkyl halides is 3. The molecule has 7 heteroatoms. The van der Waals surface area contributed by atoms with Gasteiger partial charge in [-0.25, -0.2) is 9.67 Å². The molecule has 2 heterocycles. The van der Waals surface area contributed by atoms with Crippen molar-refractivity contribution < 1.29 is 13.2 Å².